The molecule has 5 atom stereocenters. The van der Waals surface area contributed by atoms with E-state index in [1.165, 1.54) is 0 Å². The van der Waals surface area contributed by atoms with Gasteiger partial charge in [0.15, 0.2) is 6.29 Å². The number of ether oxygens (including phenoxy) is 2. The Labute approximate surface area is 76.8 Å². The Balaban J connectivity index is 2.06. The minimum Gasteiger partial charge on any atom is -0.392 e. The average Bonchev–Trinajstić information content (AvgIpc) is 2.60. The van der Waals surface area contributed by atoms with Crippen molar-refractivity contribution in [2.45, 2.75) is 31.3 Å². The largest absolute Gasteiger partial charge is 0.392 e. The fourth-order valence-electron chi connectivity index (χ4n) is 2.38. The maximum absolute atomic E-state index is 10.7. The second-order valence-electron chi connectivity index (χ2n) is 3.76. The van der Waals surface area contributed by atoms with Crippen molar-refractivity contribution in [2.24, 2.45) is 11.8 Å². The monoisotopic (exact) mass is 186 g/mol. The summed E-state index contributed by atoms with van der Waals surface area (Å²) >= 11 is 0. The van der Waals surface area contributed by atoms with Crippen LogP contribution in [0.15, 0.2) is 0 Å². The van der Waals surface area contributed by atoms with Crippen molar-refractivity contribution in [3.05, 3.63) is 0 Å². The van der Waals surface area contributed by atoms with Crippen molar-refractivity contribution in [1.29, 1.82) is 0 Å². The molecule has 0 aromatic rings. The Bertz CT molecular complexity index is 206. The summed E-state index contributed by atoms with van der Waals surface area (Å²) in [5.74, 6) is -0.109. The van der Waals surface area contributed by atoms with Gasteiger partial charge in [-0.25, -0.2) is 0 Å². The SMILES string of the molecule is COC1CC2C(C=O)C(O)C[C@@H]2O1. The molecule has 0 aromatic carbocycles. The van der Waals surface area contributed by atoms with Crippen LogP contribution in [-0.2, 0) is 14.3 Å². The number of aliphatic hydroxyl groups excluding tert-OH is 1. The van der Waals surface area contributed by atoms with Crippen molar-refractivity contribution in [3.8, 4) is 0 Å². The lowest BCUT2D eigenvalue weighted by atomic mass is 9.93. The number of methoxy groups -OCH3 is 1. The van der Waals surface area contributed by atoms with Gasteiger partial charge in [-0.1, -0.05) is 0 Å². The van der Waals surface area contributed by atoms with Crippen LogP contribution in [-0.4, -0.2) is 37.0 Å². The summed E-state index contributed by atoms with van der Waals surface area (Å²) in [5, 5.41) is 9.50. The Morgan fingerprint density at radius 3 is 2.92 bits per heavy atom. The molecule has 4 nitrogen and oxygen atoms in total. The van der Waals surface area contributed by atoms with E-state index in [0.717, 1.165) is 12.7 Å². The van der Waals surface area contributed by atoms with Crippen molar-refractivity contribution >= 4 is 6.29 Å². The number of hydrogen-bond donors (Lipinski definition) is 1. The van der Waals surface area contributed by atoms with E-state index in [2.05, 4.69) is 0 Å². The topological polar surface area (TPSA) is 55.8 Å². The van der Waals surface area contributed by atoms with Crippen molar-refractivity contribution in [1.82, 2.24) is 0 Å². The van der Waals surface area contributed by atoms with Crippen LogP contribution in [0.4, 0.5) is 0 Å². The third-order valence-electron chi connectivity index (χ3n) is 3.10. The van der Waals surface area contributed by atoms with Gasteiger partial charge in [0, 0.05) is 31.8 Å². The van der Waals surface area contributed by atoms with Crippen LogP contribution >= 0.6 is 0 Å². The first kappa shape index (κ1) is 9.12. The van der Waals surface area contributed by atoms with E-state index in [-0.39, 0.29) is 24.2 Å². The van der Waals surface area contributed by atoms with Gasteiger partial charge >= 0.3 is 0 Å². The molecule has 2 fully saturated rings. The molecule has 4 heteroatoms. The summed E-state index contributed by atoms with van der Waals surface area (Å²) in [6.45, 7) is 0. The lowest BCUT2D eigenvalue weighted by Crippen LogP contribution is -2.22. The molecule has 1 N–H and O–H groups in total. The van der Waals surface area contributed by atoms with Gasteiger partial charge in [-0.15, -0.1) is 0 Å². The summed E-state index contributed by atoms with van der Waals surface area (Å²) < 4.78 is 10.6. The van der Waals surface area contributed by atoms with Gasteiger partial charge in [-0.05, 0) is 0 Å². The number of aldehydes is 1. The zero-order valence-corrected chi connectivity index (χ0v) is 7.55. The van der Waals surface area contributed by atoms with Crippen LogP contribution in [0.3, 0.4) is 0 Å². The van der Waals surface area contributed by atoms with Crippen LogP contribution in [0.25, 0.3) is 0 Å². The van der Waals surface area contributed by atoms with Gasteiger partial charge in [-0.2, -0.15) is 0 Å². The molecule has 4 unspecified atom stereocenters. The fraction of sp³-hybridized carbons (Fsp3) is 0.889. The molecule has 0 spiro atoms. The van der Waals surface area contributed by atoms with E-state index >= 15 is 0 Å². The van der Waals surface area contributed by atoms with Crippen LogP contribution in [0.5, 0.6) is 0 Å². The summed E-state index contributed by atoms with van der Waals surface area (Å²) in [6, 6.07) is 0. The van der Waals surface area contributed by atoms with Gasteiger partial charge in [0.1, 0.15) is 6.29 Å². The van der Waals surface area contributed by atoms with Crippen molar-refractivity contribution < 1.29 is 19.4 Å². The molecule has 74 valence electrons. The number of rotatable bonds is 2. The van der Waals surface area contributed by atoms with E-state index < -0.39 is 6.10 Å². The molecule has 13 heavy (non-hydrogen) atoms. The number of fused-ring (bicyclic) bond motifs is 1. The maximum Gasteiger partial charge on any atom is 0.157 e. The maximum atomic E-state index is 10.7. The fourth-order valence-corrected chi connectivity index (χ4v) is 2.38. The van der Waals surface area contributed by atoms with E-state index in [1.807, 2.05) is 0 Å². The van der Waals surface area contributed by atoms with Crippen LogP contribution in [0.2, 0.25) is 0 Å². The van der Waals surface area contributed by atoms with Gasteiger partial charge in [0.05, 0.1) is 12.2 Å². The number of aliphatic hydroxyl groups is 1. The van der Waals surface area contributed by atoms with Gasteiger partial charge < -0.3 is 19.4 Å². The Morgan fingerprint density at radius 2 is 2.31 bits per heavy atom. The normalized spacial score (nSPS) is 49.2. The van der Waals surface area contributed by atoms with Gasteiger partial charge in [0.2, 0.25) is 0 Å². The molecule has 0 amide bonds. The lowest BCUT2D eigenvalue weighted by Gasteiger charge is -2.13. The number of carbonyl (C=O) groups is 1. The minimum absolute atomic E-state index is 0.00940. The summed E-state index contributed by atoms with van der Waals surface area (Å²) in [4.78, 5) is 10.7. The number of carbonyl (C=O) groups excluding carboxylic acids is 1. The second-order valence-corrected chi connectivity index (χ2v) is 3.76. The molecular formula is C9H14O4. The molecule has 0 radical (unpaired) electrons. The number of hydrogen-bond acceptors (Lipinski definition) is 4. The van der Waals surface area contributed by atoms with Gasteiger partial charge in [-0.3, -0.25) is 0 Å². The molecule has 1 aliphatic carbocycles. The van der Waals surface area contributed by atoms with E-state index in [4.69, 9.17) is 9.47 Å². The van der Waals surface area contributed by atoms with Gasteiger partial charge in [0.25, 0.3) is 0 Å². The highest BCUT2D eigenvalue weighted by molar-refractivity contribution is 5.56. The molecule has 1 heterocycles. The first-order chi connectivity index (χ1) is 6.26. The van der Waals surface area contributed by atoms with Crippen molar-refractivity contribution in [2.75, 3.05) is 7.11 Å². The minimum atomic E-state index is -0.523. The Hall–Kier alpha value is -0.450. The molecule has 1 saturated carbocycles. The first-order valence-electron chi connectivity index (χ1n) is 4.58. The quantitative estimate of drug-likeness (QED) is 0.614. The third kappa shape index (κ3) is 1.39. The zero-order chi connectivity index (χ0) is 9.42. The van der Waals surface area contributed by atoms with E-state index in [0.29, 0.717) is 6.42 Å². The van der Waals surface area contributed by atoms with E-state index in [1.54, 1.807) is 7.11 Å². The lowest BCUT2D eigenvalue weighted by molar-refractivity contribution is -0.119. The average molecular weight is 186 g/mol. The molecule has 1 aliphatic heterocycles. The summed E-state index contributed by atoms with van der Waals surface area (Å²) in [7, 11) is 1.60. The molecule has 2 rings (SSSR count). The Kier molecular flexibility index (Phi) is 2.36. The zero-order valence-electron chi connectivity index (χ0n) is 7.55. The summed E-state index contributed by atoms with van der Waals surface area (Å²) in [5.41, 5.74) is 0. The first-order valence-corrected chi connectivity index (χ1v) is 4.58. The molecule has 0 aromatic heterocycles. The third-order valence-corrected chi connectivity index (χ3v) is 3.10. The molecular weight excluding hydrogens is 172 g/mol. The molecule has 0 bridgehead atoms. The van der Waals surface area contributed by atoms with Crippen LogP contribution in [0, 0.1) is 11.8 Å². The van der Waals surface area contributed by atoms with E-state index in [9.17, 15) is 9.90 Å². The Morgan fingerprint density at radius 1 is 1.54 bits per heavy atom. The molecule has 2 aliphatic rings. The van der Waals surface area contributed by atoms with Crippen molar-refractivity contribution in [3.63, 3.8) is 0 Å². The second kappa shape index (κ2) is 3.36. The molecule has 1 saturated heterocycles. The predicted molar refractivity (Wildman–Crippen MR) is 44.0 cm³/mol. The predicted octanol–water partition coefficient (Wildman–Crippen LogP) is -0.0563. The highest BCUT2D eigenvalue weighted by atomic mass is 16.7. The standard InChI is InChI=1S/C9H14O4/c1-12-9-2-5-6(4-10)7(11)3-8(5)13-9/h4-9,11H,2-3H2,1H3/t5?,6?,7?,8-,9?/m0/s1. The van der Waals surface area contributed by atoms with Crippen LogP contribution in [0.1, 0.15) is 12.8 Å². The highest BCUT2D eigenvalue weighted by Gasteiger charge is 2.49. The highest BCUT2D eigenvalue weighted by Crippen LogP contribution is 2.42. The van der Waals surface area contributed by atoms with Crippen LogP contribution < -0.4 is 0 Å². The summed E-state index contributed by atoms with van der Waals surface area (Å²) in [6.07, 6.45) is 1.43. The smallest absolute Gasteiger partial charge is 0.157 e.